The first-order chi connectivity index (χ1) is 10.7. The number of benzene rings is 1. The number of ether oxygens (including phenoxy) is 1. The molecule has 0 bridgehead atoms. The van der Waals surface area contributed by atoms with Gasteiger partial charge in [0.2, 0.25) is 0 Å². The Hall–Kier alpha value is -1.48. The van der Waals surface area contributed by atoms with Crippen molar-refractivity contribution in [1.29, 1.82) is 0 Å². The Balaban J connectivity index is 0.000000541. The van der Waals surface area contributed by atoms with Crippen LogP contribution in [-0.4, -0.2) is 11.7 Å². The Morgan fingerprint density at radius 1 is 1.27 bits per heavy atom. The van der Waals surface area contributed by atoms with E-state index in [-0.39, 0.29) is 5.97 Å². The molecule has 0 spiro atoms. The third-order valence-electron chi connectivity index (χ3n) is 3.49. The van der Waals surface area contributed by atoms with Crippen molar-refractivity contribution in [1.82, 2.24) is 0 Å². The first-order valence-electron chi connectivity index (χ1n) is 7.84. The van der Waals surface area contributed by atoms with E-state index in [4.69, 9.17) is 4.74 Å². The molecule has 1 aromatic rings. The van der Waals surface area contributed by atoms with Gasteiger partial charge in [-0.25, -0.2) is 4.79 Å². The second-order valence-corrected chi connectivity index (χ2v) is 6.17. The lowest BCUT2D eigenvalue weighted by atomic mass is 9.93. The molecule has 120 valence electrons. The first kappa shape index (κ1) is 18.6. The van der Waals surface area contributed by atoms with Gasteiger partial charge in [0.15, 0.2) is 0 Å². The molecule has 0 aliphatic carbocycles. The van der Waals surface area contributed by atoms with Crippen LogP contribution in [0.3, 0.4) is 0 Å². The highest BCUT2D eigenvalue weighted by atomic mass is 32.2. The molecule has 1 unspecified atom stereocenters. The van der Waals surface area contributed by atoms with Gasteiger partial charge >= 0.3 is 5.97 Å². The van der Waals surface area contributed by atoms with Crippen LogP contribution in [0.4, 0.5) is 0 Å². The Labute approximate surface area is 138 Å². The van der Waals surface area contributed by atoms with Crippen LogP contribution < -0.4 is 4.74 Å². The molecule has 1 atom stereocenters. The summed E-state index contributed by atoms with van der Waals surface area (Å²) in [5.74, 6) is 2.12. The van der Waals surface area contributed by atoms with Crippen LogP contribution in [0.1, 0.15) is 52.0 Å². The van der Waals surface area contributed by atoms with Crippen molar-refractivity contribution in [3.05, 3.63) is 48.1 Å². The lowest BCUT2D eigenvalue weighted by Gasteiger charge is -2.24. The van der Waals surface area contributed by atoms with Crippen molar-refractivity contribution in [2.45, 2.75) is 51.3 Å². The molecule has 0 radical (unpaired) electrons. The van der Waals surface area contributed by atoms with Gasteiger partial charge in [0.05, 0.1) is 0 Å². The zero-order valence-electron chi connectivity index (χ0n) is 14.0. The zero-order valence-corrected chi connectivity index (χ0v) is 14.8. The number of carbonyl (C=O) groups is 1. The fourth-order valence-corrected chi connectivity index (χ4v) is 3.40. The van der Waals surface area contributed by atoms with Crippen molar-refractivity contribution >= 4 is 17.7 Å². The molecule has 0 saturated heterocycles. The summed E-state index contributed by atoms with van der Waals surface area (Å²) >= 11 is 1.89. The minimum Gasteiger partial charge on any atom is -0.423 e. The highest BCUT2D eigenvalue weighted by Gasteiger charge is 2.20. The van der Waals surface area contributed by atoms with E-state index in [1.165, 1.54) is 28.7 Å². The maximum absolute atomic E-state index is 11.4. The van der Waals surface area contributed by atoms with Gasteiger partial charge in [0, 0.05) is 11.0 Å². The number of thioether (sulfide) groups is 1. The molecule has 0 fully saturated rings. The summed E-state index contributed by atoms with van der Waals surface area (Å²) in [6.45, 7) is 8.01. The van der Waals surface area contributed by atoms with E-state index in [1.807, 2.05) is 49.9 Å². The van der Waals surface area contributed by atoms with Crippen LogP contribution in [0.15, 0.2) is 47.4 Å². The predicted molar refractivity (Wildman–Crippen MR) is 95.8 cm³/mol. The highest BCUT2D eigenvalue weighted by molar-refractivity contribution is 7.99. The molecule has 0 saturated carbocycles. The van der Waals surface area contributed by atoms with Crippen molar-refractivity contribution < 1.29 is 9.53 Å². The molecular formula is C19H26O2S. The summed E-state index contributed by atoms with van der Waals surface area (Å²) in [6.07, 6.45) is 9.47. The van der Waals surface area contributed by atoms with Crippen LogP contribution in [0.5, 0.6) is 5.75 Å². The fourth-order valence-electron chi connectivity index (χ4n) is 2.22. The van der Waals surface area contributed by atoms with Crippen LogP contribution in [0, 0.1) is 0 Å². The molecule has 0 amide bonds. The minimum absolute atomic E-state index is 0.311. The molecule has 1 heterocycles. The molecule has 1 aliphatic rings. The van der Waals surface area contributed by atoms with Gasteiger partial charge in [-0.15, -0.1) is 11.8 Å². The van der Waals surface area contributed by atoms with E-state index in [1.54, 1.807) is 13.0 Å². The normalized spacial score (nSPS) is 17.0. The topological polar surface area (TPSA) is 26.3 Å². The lowest BCUT2D eigenvalue weighted by Crippen LogP contribution is -2.08. The number of carbonyl (C=O) groups excluding carboxylic acids is 1. The third-order valence-corrected chi connectivity index (χ3v) is 4.61. The van der Waals surface area contributed by atoms with Crippen molar-refractivity contribution in [2.24, 2.45) is 0 Å². The Kier molecular flexibility index (Phi) is 8.68. The average molecular weight is 318 g/mol. The predicted octanol–water partition coefficient (Wildman–Crippen LogP) is 5.74. The highest BCUT2D eigenvalue weighted by Crippen LogP contribution is 2.40. The second-order valence-electron chi connectivity index (χ2n) is 5.03. The standard InChI is InChI=1S/C15H18O2S.C4H8/c1-3-5-15(16)17-12-6-7-14-13(10-12)11(4-2)8-9-18-14;1-3-4-2/h3,5-7,10-11H,4,8-9H2,1-2H3;3-4H,1-2H3/b5-3+;4-3-. The van der Waals surface area contributed by atoms with E-state index in [9.17, 15) is 4.79 Å². The molecule has 1 aromatic carbocycles. The van der Waals surface area contributed by atoms with Gasteiger partial charge in [0.1, 0.15) is 5.75 Å². The lowest BCUT2D eigenvalue weighted by molar-refractivity contribution is -0.129. The largest absolute Gasteiger partial charge is 0.423 e. The molecule has 3 heteroatoms. The van der Waals surface area contributed by atoms with Gasteiger partial charge in [0.25, 0.3) is 0 Å². The summed E-state index contributed by atoms with van der Waals surface area (Å²) in [7, 11) is 0. The summed E-state index contributed by atoms with van der Waals surface area (Å²) in [6, 6.07) is 5.97. The number of hydrogen-bond donors (Lipinski definition) is 0. The van der Waals surface area contributed by atoms with Crippen LogP contribution in [-0.2, 0) is 4.79 Å². The number of allylic oxidation sites excluding steroid dienone is 3. The molecular weight excluding hydrogens is 292 g/mol. The maximum atomic E-state index is 11.4. The molecule has 2 rings (SSSR count). The zero-order chi connectivity index (χ0) is 16.4. The van der Waals surface area contributed by atoms with Crippen LogP contribution >= 0.6 is 11.8 Å². The Bertz CT molecular complexity index is 528. The SMILES string of the molecule is C/C=C/C(=O)Oc1ccc2c(c1)C(CC)CCS2.C/C=C\C. The second kappa shape index (κ2) is 10.3. The minimum atomic E-state index is -0.311. The van der Waals surface area contributed by atoms with Crippen LogP contribution in [0.25, 0.3) is 0 Å². The van der Waals surface area contributed by atoms with Crippen molar-refractivity contribution in [3.8, 4) is 5.75 Å². The third kappa shape index (κ3) is 5.72. The number of esters is 1. The molecule has 1 aliphatic heterocycles. The molecule has 22 heavy (non-hydrogen) atoms. The monoisotopic (exact) mass is 318 g/mol. The van der Waals surface area contributed by atoms with E-state index < -0.39 is 0 Å². The average Bonchev–Trinajstić information content (AvgIpc) is 2.54. The summed E-state index contributed by atoms with van der Waals surface area (Å²) in [5.41, 5.74) is 1.33. The van der Waals surface area contributed by atoms with Gasteiger partial charge in [-0.05, 0) is 69.0 Å². The van der Waals surface area contributed by atoms with Gasteiger partial charge < -0.3 is 4.74 Å². The Morgan fingerprint density at radius 2 is 2.00 bits per heavy atom. The molecule has 0 aromatic heterocycles. The van der Waals surface area contributed by atoms with Gasteiger partial charge in [-0.3, -0.25) is 0 Å². The van der Waals surface area contributed by atoms with Crippen LogP contribution in [0.2, 0.25) is 0 Å². The van der Waals surface area contributed by atoms with E-state index in [0.29, 0.717) is 11.7 Å². The fraction of sp³-hybridized carbons (Fsp3) is 0.421. The summed E-state index contributed by atoms with van der Waals surface area (Å²) in [5, 5.41) is 0. The van der Waals surface area contributed by atoms with Gasteiger partial charge in [-0.1, -0.05) is 25.2 Å². The Morgan fingerprint density at radius 3 is 2.59 bits per heavy atom. The number of fused-ring (bicyclic) bond motifs is 1. The first-order valence-corrected chi connectivity index (χ1v) is 8.83. The van der Waals surface area contributed by atoms with Gasteiger partial charge in [-0.2, -0.15) is 0 Å². The van der Waals surface area contributed by atoms with Crippen molar-refractivity contribution in [3.63, 3.8) is 0 Å². The smallest absolute Gasteiger partial charge is 0.335 e. The van der Waals surface area contributed by atoms with E-state index in [2.05, 4.69) is 13.0 Å². The summed E-state index contributed by atoms with van der Waals surface area (Å²) < 4.78 is 5.28. The number of rotatable bonds is 3. The quantitative estimate of drug-likeness (QED) is 0.308. The maximum Gasteiger partial charge on any atom is 0.335 e. The summed E-state index contributed by atoms with van der Waals surface area (Å²) in [4.78, 5) is 12.7. The molecule has 0 N–H and O–H groups in total. The van der Waals surface area contributed by atoms with E-state index >= 15 is 0 Å². The van der Waals surface area contributed by atoms with E-state index in [0.717, 1.165) is 6.42 Å². The number of hydrogen-bond acceptors (Lipinski definition) is 3. The molecule has 2 nitrogen and oxygen atoms in total. The van der Waals surface area contributed by atoms with Crippen molar-refractivity contribution in [2.75, 3.05) is 5.75 Å².